The van der Waals surface area contributed by atoms with Crippen LogP contribution in [0.3, 0.4) is 0 Å². The van der Waals surface area contributed by atoms with Crippen LogP contribution in [0.4, 0.5) is 0 Å². The molecule has 0 aromatic rings. The summed E-state index contributed by atoms with van der Waals surface area (Å²) in [5.41, 5.74) is 0. The van der Waals surface area contributed by atoms with Crippen molar-refractivity contribution in [2.45, 2.75) is 46.0 Å². The molecule has 2 atom stereocenters. The van der Waals surface area contributed by atoms with E-state index in [4.69, 9.17) is 0 Å². The summed E-state index contributed by atoms with van der Waals surface area (Å²) < 4.78 is 0. The summed E-state index contributed by atoms with van der Waals surface area (Å²) in [7, 11) is 2.05. The summed E-state index contributed by atoms with van der Waals surface area (Å²) in [6, 6.07) is 0. The predicted octanol–water partition coefficient (Wildman–Crippen LogP) is 3.61. The van der Waals surface area contributed by atoms with Crippen molar-refractivity contribution in [3.63, 3.8) is 0 Å². The normalized spacial score (nSPS) is 15.1. The number of hydrogen-bond donors (Lipinski definition) is 1. The van der Waals surface area contributed by atoms with Gasteiger partial charge in [0.25, 0.3) is 0 Å². The molecule has 2 unspecified atom stereocenters. The number of allylic oxidation sites excluding steroid dienone is 1. The molecule has 1 nitrogen and oxygen atoms in total. The summed E-state index contributed by atoms with van der Waals surface area (Å²) in [4.78, 5) is 0. The van der Waals surface area contributed by atoms with E-state index in [-0.39, 0.29) is 0 Å². The van der Waals surface area contributed by atoms with Gasteiger partial charge in [0, 0.05) is 0 Å². The Morgan fingerprint density at radius 2 is 2.00 bits per heavy atom. The Morgan fingerprint density at radius 3 is 2.50 bits per heavy atom. The summed E-state index contributed by atoms with van der Waals surface area (Å²) in [5, 5.41) is 3.28. The Morgan fingerprint density at radius 1 is 1.29 bits per heavy atom. The Bertz CT molecular complexity index is 125. The van der Waals surface area contributed by atoms with Crippen LogP contribution in [-0.4, -0.2) is 13.6 Å². The van der Waals surface area contributed by atoms with Crippen molar-refractivity contribution in [3.05, 3.63) is 12.7 Å². The Hall–Kier alpha value is -0.300. The maximum Gasteiger partial charge on any atom is -0.00235 e. The highest BCUT2D eigenvalue weighted by Crippen LogP contribution is 2.16. The smallest absolute Gasteiger partial charge is 0.00235 e. The van der Waals surface area contributed by atoms with Gasteiger partial charge < -0.3 is 5.32 Å². The lowest BCUT2D eigenvalue weighted by atomic mass is 9.94. The lowest BCUT2D eigenvalue weighted by Gasteiger charge is -2.16. The molecule has 14 heavy (non-hydrogen) atoms. The van der Waals surface area contributed by atoms with Crippen LogP contribution in [0.5, 0.6) is 0 Å². The van der Waals surface area contributed by atoms with E-state index in [1.165, 1.54) is 38.6 Å². The van der Waals surface area contributed by atoms with Crippen molar-refractivity contribution >= 4 is 0 Å². The predicted molar refractivity (Wildman–Crippen MR) is 65.5 cm³/mol. The molecule has 84 valence electrons. The van der Waals surface area contributed by atoms with Gasteiger partial charge in [-0.3, -0.25) is 0 Å². The number of nitrogens with one attached hydrogen (secondary N) is 1. The highest BCUT2D eigenvalue weighted by molar-refractivity contribution is 4.75. The van der Waals surface area contributed by atoms with Crippen molar-refractivity contribution in [2.24, 2.45) is 11.8 Å². The first-order valence-electron chi connectivity index (χ1n) is 6.01. The van der Waals surface area contributed by atoms with Crippen LogP contribution in [0.2, 0.25) is 0 Å². The lowest BCUT2D eigenvalue weighted by molar-refractivity contribution is 0.401. The fourth-order valence-electron chi connectivity index (χ4n) is 1.89. The van der Waals surface area contributed by atoms with Gasteiger partial charge in [0.2, 0.25) is 0 Å². The molecule has 0 saturated carbocycles. The van der Waals surface area contributed by atoms with Crippen molar-refractivity contribution in [3.8, 4) is 0 Å². The molecule has 0 amide bonds. The second-order valence-electron chi connectivity index (χ2n) is 4.36. The zero-order valence-electron chi connectivity index (χ0n) is 10.2. The molecule has 0 saturated heterocycles. The van der Waals surface area contributed by atoms with E-state index in [0.29, 0.717) is 5.92 Å². The summed E-state index contributed by atoms with van der Waals surface area (Å²) in [5.74, 6) is 1.56. The average molecular weight is 197 g/mol. The van der Waals surface area contributed by atoms with Crippen molar-refractivity contribution < 1.29 is 0 Å². The topological polar surface area (TPSA) is 12.0 Å². The first kappa shape index (κ1) is 13.7. The Labute approximate surface area is 90.0 Å². The molecule has 0 bridgehead atoms. The van der Waals surface area contributed by atoms with Crippen LogP contribution in [0.1, 0.15) is 46.0 Å². The van der Waals surface area contributed by atoms with E-state index in [1.54, 1.807) is 0 Å². The Balaban J connectivity index is 3.53. The molecule has 0 aromatic heterocycles. The summed E-state index contributed by atoms with van der Waals surface area (Å²) in [6.45, 7) is 9.52. The molecular weight excluding hydrogens is 170 g/mol. The lowest BCUT2D eigenvalue weighted by Crippen LogP contribution is -2.18. The standard InChI is InChI=1S/C13H27N/c1-5-8-13(11-14-4)10-7-9-12(3)6-2/h6,12-14H,2,5,7-11H2,1,3-4H3. The molecule has 1 N–H and O–H groups in total. The zero-order valence-corrected chi connectivity index (χ0v) is 10.2. The minimum absolute atomic E-state index is 0.687. The Kier molecular flexibility index (Phi) is 9.06. The molecule has 0 heterocycles. The van der Waals surface area contributed by atoms with Gasteiger partial charge in [0.15, 0.2) is 0 Å². The van der Waals surface area contributed by atoms with Gasteiger partial charge in [0.05, 0.1) is 0 Å². The van der Waals surface area contributed by atoms with Crippen LogP contribution >= 0.6 is 0 Å². The molecule has 0 aromatic carbocycles. The highest BCUT2D eigenvalue weighted by atomic mass is 14.8. The van der Waals surface area contributed by atoms with Gasteiger partial charge in [-0.15, -0.1) is 6.58 Å². The quantitative estimate of drug-likeness (QED) is 0.557. The molecule has 0 rings (SSSR count). The van der Waals surface area contributed by atoms with Crippen LogP contribution in [0, 0.1) is 11.8 Å². The molecule has 0 aliphatic heterocycles. The fourth-order valence-corrected chi connectivity index (χ4v) is 1.89. The third-order valence-electron chi connectivity index (χ3n) is 2.86. The molecule has 0 spiro atoms. The summed E-state index contributed by atoms with van der Waals surface area (Å²) >= 11 is 0. The number of rotatable bonds is 9. The molecule has 0 fully saturated rings. The largest absolute Gasteiger partial charge is 0.319 e. The molecular formula is C13H27N. The van der Waals surface area contributed by atoms with Gasteiger partial charge in [-0.2, -0.15) is 0 Å². The molecule has 0 aliphatic rings. The van der Waals surface area contributed by atoms with Crippen LogP contribution in [0.15, 0.2) is 12.7 Å². The SMILES string of the molecule is C=CC(C)CCCC(CCC)CNC. The first-order valence-corrected chi connectivity index (χ1v) is 6.01. The minimum atomic E-state index is 0.687. The van der Waals surface area contributed by atoms with E-state index in [1.807, 2.05) is 0 Å². The maximum atomic E-state index is 3.82. The second kappa shape index (κ2) is 9.26. The molecule has 0 aliphatic carbocycles. The monoisotopic (exact) mass is 197 g/mol. The van der Waals surface area contributed by atoms with E-state index < -0.39 is 0 Å². The maximum absolute atomic E-state index is 3.82. The van der Waals surface area contributed by atoms with E-state index in [2.05, 4.69) is 38.9 Å². The van der Waals surface area contributed by atoms with Gasteiger partial charge in [-0.25, -0.2) is 0 Å². The van der Waals surface area contributed by atoms with Gasteiger partial charge in [0.1, 0.15) is 0 Å². The average Bonchev–Trinajstić information content (AvgIpc) is 2.18. The van der Waals surface area contributed by atoms with Crippen LogP contribution in [-0.2, 0) is 0 Å². The fraction of sp³-hybridized carbons (Fsp3) is 0.846. The van der Waals surface area contributed by atoms with Crippen molar-refractivity contribution in [1.82, 2.24) is 5.32 Å². The molecule has 0 radical (unpaired) electrons. The minimum Gasteiger partial charge on any atom is -0.319 e. The number of hydrogen-bond acceptors (Lipinski definition) is 1. The van der Waals surface area contributed by atoms with E-state index in [9.17, 15) is 0 Å². The van der Waals surface area contributed by atoms with E-state index >= 15 is 0 Å². The van der Waals surface area contributed by atoms with Gasteiger partial charge in [-0.1, -0.05) is 32.8 Å². The van der Waals surface area contributed by atoms with Gasteiger partial charge >= 0.3 is 0 Å². The van der Waals surface area contributed by atoms with E-state index in [0.717, 1.165) is 5.92 Å². The zero-order chi connectivity index (χ0) is 10.8. The van der Waals surface area contributed by atoms with Crippen molar-refractivity contribution in [1.29, 1.82) is 0 Å². The molecule has 1 heteroatoms. The second-order valence-corrected chi connectivity index (χ2v) is 4.36. The van der Waals surface area contributed by atoms with Crippen LogP contribution < -0.4 is 5.32 Å². The first-order chi connectivity index (χ1) is 6.74. The third kappa shape index (κ3) is 7.14. The third-order valence-corrected chi connectivity index (χ3v) is 2.86. The van der Waals surface area contributed by atoms with Crippen molar-refractivity contribution in [2.75, 3.05) is 13.6 Å². The highest BCUT2D eigenvalue weighted by Gasteiger charge is 2.06. The van der Waals surface area contributed by atoms with Crippen LogP contribution in [0.25, 0.3) is 0 Å². The van der Waals surface area contributed by atoms with Gasteiger partial charge in [-0.05, 0) is 44.7 Å². The summed E-state index contributed by atoms with van der Waals surface area (Å²) in [6.07, 6.45) is 8.75.